The van der Waals surface area contributed by atoms with E-state index in [0.29, 0.717) is 19.7 Å². The van der Waals surface area contributed by atoms with Gasteiger partial charge in [0.2, 0.25) is 0 Å². The van der Waals surface area contributed by atoms with Gasteiger partial charge in [0.1, 0.15) is 18.0 Å². The molecule has 0 spiro atoms. The monoisotopic (exact) mass is 349 g/mol. The molecule has 6 heteroatoms. The highest BCUT2D eigenvalue weighted by molar-refractivity contribution is 5.68. The van der Waals surface area contributed by atoms with Crippen molar-refractivity contribution in [2.24, 2.45) is 0 Å². The molecule has 0 unspecified atom stereocenters. The molecule has 6 nitrogen and oxygen atoms in total. The topological polar surface area (TPSA) is 45.2 Å². The Bertz CT molecular complexity index is 544. The fourth-order valence-electron chi connectivity index (χ4n) is 2.57. The third-order valence-electron chi connectivity index (χ3n) is 3.94. The lowest BCUT2D eigenvalue weighted by Crippen LogP contribution is -2.50. The summed E-state index contributed by atoms with van der Waals surface area (Å²) >= 11 is 0. The molecule has 0 radical (unpaired) electrons. The van der Waals surface area contributed by atoms with Gasteiger partial charge < -0.3 is 24.2 Å². The molecule has 0 aliphatic carbocycles. The van der Waals surface area contributed by atoms with Gasteiger partial charge in [-0.2, -0.15) is 0 Å². The van der Waals surface area contributed by atoms with Crippen LogP contribution < -0.4 is 9.64 Å². The fraction of sp³-hybridized carbons (Fsp3) is 0.632. The Hall–Kier alpha value is -1.95. The number of carbonyl (C=O) groups is 1. The van der Waals surface area contributed by atoms with Gasteiger partial charge in [0, 0.05) is 38.4 Å². The number of piperazine rings is 1. The summed E-state index contributed by atoms with van der Waals surface area (Å²) in [6, 6.07) is 8.17. The zero-order valence-corrected chi connectivity index (χ0v) is 16.1. The summed E-state index contributed by atoms with van der Waals surface area (Å²) in [5.74, 6) is 0.887. The Labute approximate surface area is 151 Å². The van der Waals surface area contributed by atoms with Crippen molar-refractivity contribution in [1.29, 1.82) is 0 Å². The number of anilines is 1. The predicted octanol–water partition coefficient (Wildman–Crippen LogP) is 2.68. The van der Waals surface area contributed by atoms with Crippen molar-refractivity contribution in [3.8, 4) is 5.75 Å². The van der Waals surface area contributed by atoms with Crippen LogP contribution in [0.3, 0.4) is 0 Å². The highest BCUT2D eigenvalue weighted by Gasteiger charge is 2.25. The second kappa shape index (κ2) is 8.43. The van der Waals surface area contributed by atoms with Gasteiger partial charge in [0.05, 0.1) is 0 Å². The first-order valence-corrected chi connectivity index (χ1v) is 8.85. The number of hydrogen-bond acceptors (Lipinski definition) is 5. The van der Waals surface area contributed by atoms with E-state index in [1.807, 2.05) is 47.0 Å². The molecule has 25 heavy (non-hydrogen) atoms. The van der Waals surface area contributed by atoms with Crippen molar-refractivity contribution in [2.45, 2.75) is 26.4 Å². The fourth-order valence-corrected chi connectivity index (χ4v) is 2.57. The third-order valence-corrected chi connectivity index (χ3v) is 3.94. The number of carbonyl (C=O) groups excluding carboxylic acids is 1. The Morgan fingerprint density at radius 2 is 1.68 bits per heavy atom. The Morgan fingerprint density at radius 1 is 1.08 bits per heavy atom. The summed E-state index contributed by atoms with van der Waals surface area (Å²) in [5, 5.41) is 0. The first-order valence-electron chi connectivity index (χ1n) is 8.85. The lowest BCUT2D eigenvalue weighted by molar-refractivity contribution is 0.0240. The second-order valence-corrected chi connectivity index (χ2v) is 7.60. The first-order chi connectivity index (χ1) is 11.7. The molecule has 1 saturated heterocycles. The van der Waals surface area contributed by atoms with Crippen LogP contribution >= 0.6 is 0 Å². The van der Waals surface area contributed by atoms with Crippen LogP contribution in [0, 0.1) is 0 Å². The standard InChI is InChI=1S/C19H31N3O3/c1-19(2,3)25-18(23)22-12-10-21(11-13-22)16-6-8-17(9-7-16)24-15-14-20(4)5/h6-9H,10-15H2,1-5H3. The van der Waals surface area contributed by atoms with Crippen molar-refractivity contribution < 1.29 is 14.3 Å². The van der Waals surface area contributed by atoms with Crippen LogP contribution in [0.15, 0.2) is 24.3 Å². The number of rotatable bonds is 5. The van der Waals surface area contributed by atoms with Crippen molar-refractivity contribution in [1.82, 2.24) is 9.80 Å². The van der Waals surface area contributed by atoms with Crippen molar-refractivity contribution in [2.75, 3.05) is 58.3 Å². The molecular formula is C19H31N3O3. The third kappa shape index (κ3) is 6.46. The molecule has 1 aromatic rings. The molecule has 1 aliphatic heterocycles. The maximum Gasteiger partial charge on any atom is 0.410 e. The van der Waals surface area contributed by atoms with E-state index in [2.05, 4.69) is 21.9 Å². The zero-order valence-electron chi connectivity index (χ0n) is 16.1. The molecule has 1 aromatic carbocycles. The van der Waals surface area contributed by atoms with Gasteiger partial charge in [-0.25, -0.2) is 4.79 Å². The molecule has 1 amide bonds. The molecule has 0 saturated carbocycles. The highest BCUT2D eigenvalue weighted by atomic mass is 16.6. The van der Waals surface area contributed by atoms with Crippen LogP contribution in [-0.2, 0) is 4.74 Å². The maximum atomic E-state index is 12.1. The molecule has 0 bridgehead atoms. The number of amides is 1. The molecular weight excluding hydrogens is 318 g/mol. The van der Waals surface area contributed by atoms with Gasteiger partial charge in [-0.05, 0) is 59.1 Å². The van der Waals surface area contributed by atoms with Crippen LogP contribution in [-0.4, -0.2) is 74.9 Å². The minimum absolute atomic E-state index is 0.225. The number of benzene rings is 1. The quantitative estimate of drug-likeness (QED) is 0.818. The molecule has 140 valence electrons. The molecule has 0 aromatic heterocycles. The van der Waals surface area contributed by atoms with E-state index in [9.17, 15) is 4.79 Å². The van der Waals surface area contributed by atoms with Crippen LogP contribution in [0.1, 0.15) is 20.8 Å². The molecule has 1 fully saturated rings. The largest absolute Gasteiger partial charge is 0.492 e. The molecule has 0 atom stereocenters. The normalized spacial score (nSPS) is 15.4. The average molecular weight is 349 g/mol. The minimum Gasteiger partial charge on any atom is -0.492 e. The second-order valence-electron chi connectivity index (χ2n) is 7.60. The lowest BCUT2D eigenvalue weighted by Gasteiger charge is -2.36. The van der Waals surface area contributed by atoms with Gasteiger partial charge in [-0.3, -0.25) is 0 Å². The van der Waals surface area contributed by atoms with E-state index < -0.39 is 5.60 Å². The summed E-state index contributed by atoms with van der Waals surface area (Å²) in [5.41, 5.74) is 0.709. The molecule has 2 rings (SSSR count). The Kier molecular flexibility index (Phi) is 6.53. The Balaban J connectivity index is 1.81. The van der Waals surface area contributed by atoms with E-state index in [-0.39, 0.29) is 6.09 Å². The van der Waals surface area contributed by atoms with Crippen LogP contribution in [0.4, 0.5) is 10.5 Å². The summed E-state index contributed by atoms with van der Waals surface area (Å²) < 4.78 is 11.2. The molecule has 0 N–H and O–H groups in total. The number of ether oxygens (including phenoxy) is 2. The van der Waals surface area contributed by atoms with Crippen LogP contribution in [0.25, 0.3) is 0 Å². The van der Waals surface area contributed by atoms with E-state index in [0.717, 1.165) is 31.1 Å². The number of hydrogen-bond donors (Lipinski definition) is 0. The van der Waals surface area contributed by atoms with Crippen LogP contribution in [0.2, 0.25) is 0 Å². The summed E-state index contributed by atoms with van der Waals surface area (Å²) in [7, 11) is 4.06. The summed E-state index contributed by atoms with van der Waals surface area (Å²) in [6.45, 7) is 10.2. The van der Waals surface area contributed by atoms with E-state index in [4.69, 9.17) is 9.47 Å². The predicted molar refractivity (Wildman–Crippen MR) is 101 cm³/mol. The average Bonchev–Trinajstić information content (AvgIpc) is 2.54. The SMILES string of the molecule is CN(C)CCOc1ccc(N2CCN(C(=O)OC(C)(C)C)CC2)cc1. The number of likely N-dealkylation sites (N-methyl/N-ethyl adjacent to an activating group) is 1. The highest BCUT2D eigenvalue weighted by Crippen LogP contribution is 2.21. The summed E-state index contributed by atoms with van der Waals surface area (Å²) in [4.78, 5) is 18.3. The van der Waals surface area contributed by atoms with Gasteiger partial charge >= 0.3 is 6.09 Å². The van der Waals surface area contributed by atoms with Gasteiger partial charge in [0.15, 0.2) is 0 Å². The van der Waals surface area contributed by atoms with Gasteiger partial charge in [-0.15, -0.1) is 0 Å². The van der Waals surface area contributed by atoms with Crippen molar-refractivity contribution in [3.63, 3.8) is 0 Å². The van der Waals surface area contributed by atoms with Crippen molar-refractivity contribution >= 4 is 11.8 Å². The van der Waals surface area contributed by atoms with Gasteiger partial charge in [0.25, 0.3) is 0 Å². The molecule has 1 aliphatic rings. The summed E-state index contributed by atoms with van der Waals surface area (Å²) in [6.07, 6.45) is -0.225. The zero-order chi connectivity index (χ0) is 18.4. The van der Waals surface area contributed by atoms with E-state index in [1.165, 1.54) is 0 Å². The Morgan fingerprint density at radius 3 is 2.20 bits per heavy atom. The molecule has 1 heterocycles. The first kappa shape index (κ1) is 19.4. The van der Waals surface area contributed by atoms with E-state index >= 15 is 0 Å². The minimum atomic E-state index is -0.448. The lowest BCUT2D eigenvalue weighted by atomic mass is 10.2. The maximum absolute atomic E-state index is 12.1. The van der Waals surface area contributed by atoms with Gasteiger partial charge in [-0.1, -0.05) is 0 Å². The van der Waals surface area contributed by atoms with Crippen LogP contribution in [0.5, 0.6) is 5.75 Å². The number of nitrogens with zero attached hydrogens (tertiary/aromatic N) is 3. The smallest absolute Gasteiger partial charge is 0.410 e. The van der Waals surface area contributed by atoms with E-state index in [1.54, 1.807) is 4.90 Å². The van der Waals surface area contributed by atoms with Crippen molar-refractivity contribution in [3.05, 3.63) is 24.3 Å².